The predicted octanol–water partition coefficient (Wildman–Crippen LogP) is 6.58. The standard InChI is InChI=1S/C17H23NO4.C12H23N/c19-16(20)15(11-13-7-3-1-4-8-13)18-17(21)22-12-14-9-5-2-6-10-14;1-3-7-11(8-4-1)13-12-9-5-2-6-10-12/h2,5-6,9-10,13,15H,1,3-4,7-8,11-12H2,(H,18,21)(H,19,20);11-13H,1-10H2/t15-;/m0./s1. The van der Waals surface area contributed by atoms with Gasteiger partial charge in [0, 0.05) is 12.1 Å². The molecule has 0 spiro atoms. The normalized spacial score (nSPS) is 20.8. The molecule has 3 fully saturated rings. The van der Waals surface area contributed by atoms with Gasteiger partial charge in [-0.25, -0.2) is 9.59 Å². The van der Waals surface area contributed by atoms with Gasteiger partial charge in [0.15, 0.2) is 0 Å². The highest BCUT2D eigenvalue weighted by atomic mass is 16.5. The second-order valence-corrected chi connectivity index (χ2v) is 10.7. The van der Waals surface area contributed by atoms with Gasteiger partial charge in [0.25, 0.3) is 0 Å². The Morgan fingerprint density at radius 3 is 1.83 bits per heavy atom. The molecule has 6 heteroatoms. The molecular weight excluding hydrogens is 440 g/mol. The molecule has 0 unspecified atom stereocenters. The third-order valence-corrected chi connectivity index (χ3v) is 7.78. The van der Waals surface area contributed by atoms with Crippen LogP contribution < -0.4 is 10.6 Å². The number of carbonyl (C=O) groups is 2. The van der Waals surface area contributed by atoms with E-state index in [1.807, 2.05) is 30.3 Å². The highest BCUT2D eigenvalue weighted by molar-refractivity contribution is 5.79. The lowest BCUT2D eigenvalue weighted by molar-refractivity contribution is -0.139. The van der Waals surface area contributed by atoms with Crippen LogP contribution in [0.2, 0.25) is 0 Å². The lowest BCUT2D eigenvalue weighted by Gasteiger charge is -2.30. The summed E-state index contributed by atoms with van der Waals surface area (Å²) in [6, 6.07) is 10.2. The van der Waals surface area contributed by atoms with Gasteiger partial charge in [0.2, 0.25) is 0 Å². The maximum Gasteiger partial charge on any atom is 0.408 e. The Labute approximate surface area is 211 Å². The van der Waals surface area contributed by atoms with Gasteiger partial charge in [-0.1, -0.05) is 101 Å². The number of alkyl carbamates (subject to hydrolysis) is 1. The van der Waals surface area contributed by atoms with E-state index in [1.54, 1.807) is 0 Å². The van der Waals surface area contributed by atoms with Crippen LogP contribution in [0, 0.1) is 5.92 Å². The summed E-state index contributed by atoms with van der Waals surface area (Å²) in [4.78, 5) is 23.1. The smallest absolute Gasteiger partial charge is 0.408 e. The zero-order chi connectivity index (χ0) is 24.7. The fourth-order valence-corrected chi connectivity index (χ4v) is 5.76. The summed E-state index contributed by atoms with van der Waals surface area (Å²) >= 11 is 0. The largest absolute Gasteiger partial charge is 0.480 e. The van der Waals surface area contributed by atoms with Crippen LogP contribution in [0.3, 0.4) is 0 Å². The Morgan fingerprint density at radius 2 is 1.31 bits per heavy atom. The van der Waals surface area contributed by atoms with Gasteiger partial charge in [-0.3, -0.25) is 0 Å². The van der Waals surface area contributed by atoms with Crippen LogP contribution in [0.4, 0.5) is 4.79 Å². The van der Waals surface area contributed by atoms with E-state index >= 15 is 0 Å². The van der Waals surface area contributed by atoms with Crippen LogP contribution in [0.25, 0.3) is 0 Å². The van der Waals surface area contributed by atoms with Crippen molar-refractivity contribution < 1.29 is 19.4 Å². The number of nitrogens with one attached hydrogen (secondary N) is 2. The summed E-state index contributed by atoms with van der Waals surface area (Å²) in [5, 5.41) is 15.6. The topological polar surface area (TPSA) is 87.7 Å². The number of aliphatic carboxylic acids is 1. The summed E-state index contributed by atoms with van der Waals surface area (Å²) in [7, 11) is 0. The van der Waals surface area contributed by atoms with E-state index in [9.17, 15) is 14.7 Å². The molecule has 0 saturated heterocycles. The van der Waals surface area contributed by atoms with Crippen molar-refractivity contribution in [2.45, 2.75) is 127 Å². The first-order chi connectivity index (χ1) is 17.1. The summed E-state index contributed by atoms with van der Waals surface area (Å²) in [5.74, 6) is -0.619. The van der Waals surface area contributed by atoms with E-state index in [1.165, 1.54) is 70.6 Å². The average Bonchev–Trinajstić information content (AvgIpc) is 2.90. The molecule has 3 N–H and O–H groups in total. The summed E-state index contributed by atoms with van der Waals surface area (Å²) in [6.07, 6.45) is 20.0. The first-order valence-electron chi connectivity index (χ1n) is 14.1. The fourth-order valence-electron chi connectivity index (χ4n) is 5.76. The molecule has 3 saturated carbocycles. The van der Waals surface area contributed by atoms with E-state index in [4.69, 9.17) is 4.74 Å². The Bertz CT molecular complexity index is 707. The highest BCUT2D eigenvalue weighted by Gasteiger charge is 2.26. The van der Waals surface area contributed by atoms with E-state index < -0.39 is 18.1 Å². The molecule has 4 rings (SSSR count). The first kappa shape index (κ1) is 27.5. The first-order valence-corrected chi connectivity index (χ1v) is 14.1. The summed E-state index contributed by atoms with van der Waals surface area (Å²) < 4.78 is 5.08. The minimum absolute atomic E-state index is 0.141. The fraction of sp³-hybridized carbons (Fsp3) is 0.724. The third-order valence-electron chi connectivity index (χ3n) is 7.78. The number of carboxylic acid groups (broad SMARTS) is 1. The van der Waals surface area contributed by atoms with Crippen molar-refractivity contribution in [2.75, 3.05) is 0 Å². The minimum atomic E-state index is -0.998. The second kappa shape index (κ2) is 15.8. The van der Waals surface area contributed by atoms with E-state index in [0.29, 0.717) is 12.3 Å². The molecule has 0 bridgehead atoms. The Balaban J connectivity index is 0.000000223. The van der Waals surface area contributed by atoms with Gasteiger partial charge >= 0.3 is 12.1 Å². The number of ether oxygens (including phenoxy) is 1. The zero-order valence-corrected chi connectivity index (χ0v) is 21.4. The number of carboxylic acids is 1. The van der Waals surface area contributed by atoms with Crippen molar-refractivity contribution in [3.05, 3.63) is 35.9 Å². The molecule has 1 amide bonds. The van der Waals surface area contributed by atoms with Gasteiger partial charge in [0.05, 0.1) is 0 Å². The number of amides is 1. The van der Waals surface area contributed by atoms with Gasteiger partial charge in [-0.15, -0.1) is 0 Å². The SMILES string of the molecule is C1CCC(NC2CCCCC2)CC1.O=C(N[C@@H](CC1CCCCC1)C(=O)O)OCc1ccccc1. The molecule has 0 aromatic heterocycles. The summed E-state index contributed by atoms with van der Waals surface area (Å²) in [5.41, 5.74) is 0.872. The molecule has 0 heterocycles. The lowest BCUT2D eigenvalue weighted by Crippen LogP contribution is -2.42. The third kappa shape index (κ3) is 11.0. The Morgan fingerprint density at radius 1 is 0.800 bits per heavy atom. The van der Waals surface area contributed by atoms with Crippen LogP contribution in [-0.4, -0.2) is 35.3 Å². The van der Waals surface area contributed by atoms with Crippen LogP contribution in [-0.2, 0) is 16.1 Å². The highest BCUT2D eigenvalue weighted by Crippen LogP contribution is 2.27. The number of hydrogen-bond acceptors (Lipinski definition) is 4. The number of benzene rings is 1. The molecule has 6 nitrogen and oxygen atoms in total. The predicted molar refractivity (Wildman–Crippen MR) is 139 cm³/mol. The monoisotopic (exact) mass is 486 g/mol. The van der Waals surface area contributed by atoms with Gasteiger partial charge in [-0.2, -0.15) is 0 Å². The van der Waals surface area contributed by atoms with Gasteiger partial charge in [0.1, 0.15) is 12.6 Å². The lowest BCUT2D eigenvalue weighted by atomic mass is 9.85. The minimum Gasteiger partial charge on any atom is -0.480 e. The molecule has 1 atom stereocenters. The number of carbonyl (C=O) groups excluding carboxylic acids is 1. The van der Waals surface area contributed by atoms with Crippen LogP contribution in [0.5, 0.6) is 0 Å². The van der Waals surface area contributed by atoms with Crippen LogP contribution in [0.1, 0.15) is 108 Å². The van der Waals surface area contributed by atoms with Gasteiger partial charge in [-0.05, 0) is 43.6 Å². The molecule has 3 aliphatic carbocycles. The van der Waals surface area contributed by atoms with Crippen molar-refractivity contribution in [3.63, 3.8) is 0 Å². The maximum atomic E-state index is 11.8. The summed E-state index contributed by atoms with van der Waals surface area (Å²) in [6.45, 7) is 0.141. The second-order valence-electron chi connectivity index (χ2n) is 10.7. The van der Waals surface area contributed by atoms with E-state index in [-0.39, 0.29) is 6.61 Å². The molecule has 35 heavy (non-hydrogen) atoms. The number of rotatable bonds is 8. The van der Waals surface area contributed by atoms with Crippen LogP contribution in [0.15, 0.2) is 30.3 Å². The molecular formula is C29H46N2O4. The maximum absolute atomic E-state index is 11.8. The Kier molecular flexibility index (Phi) is 12.4. The van der Waals surface area contributed by atoms with Gasteiger partial charge < -0.3 is 20.5 Å². The molecule has 196 valence electrons. The zero-order valence-electron chi connectivity index (χ0n) is 21.4. The van der Waals surface area contributed by atoms with Crippen molar-refractivity contribution in [1.29, 1.82) is 0 Å². The molecule has 0 radical (unpaired) electrons. The average molecular weight is 487 g/mol. The van der Waals surface area contributed by atoms with Crippen molar-refractivity contribution in [1.82, 2.24) is 10.6 Å². The quantitative estimate of drug-likeness (QED) is 0.386. The van der Waals surface area contributed by atoms with Crippen molar-refractivity contribution in [2.24, 2.45) is 5.92 Å². The van der Waals surface area contributed by atoms with Crippen LogP contribution >= 0.6 is 0 Å². The molecule has 1 aromatic carbocycles. The van der Waals surface area contributed by atoms with E-state index in [0.717, 1.165) is 43.3 Å². The van der Waals surface area contributed by atoms with Crippen molar-refractivity contribution >= 4 is 12.1 Å². The number of hydrogen-bond donors (Lipinski definition) is 3. The van der Waals surface area contributed by atoms with Crippen molar-refractivity contribution in [3.8, 4) is 0 Å². The molecule has 0 aliphatic heterocycles. The Hall–Kier alpha value is -2.08. The molecule has 1 aromatic rings. The molecule has 3 aliphatic rings. The van der Waals surface area contributed by atoms with E-state index in [2.05, 4.69) is 10.6 Å².